The summed E-state index contributed by atoms with van der Waals surface area (Å²) in [6.45, 7) is 0. The van der Waals surface area contributed by atoms with E-state index >= 15 is 0 Å². The van der Waals surface area contributed by atoms with Gasteiger partial charge >= 0.3 is 5.97 Å². The van der Waals surface area contributed by atoms with Gasteiger partial charge < -0.3 is 10.5 Å². The number of benzene rings is 2. The molecule has 82 valence electrons. The maximum atomic E-state index is 11.3. The number of methoxy groups -OCH3 is 1. The van der Waals surface area contributed by atoms with E-state index in [9.17, 15) is 4.79 Å². The highest BCUT2D eigenvalue weighted by Gasteiger charge is 2.08. The van der Waals surface area contributed by atoms with E-state index in [2.05, 4.69) is 4.74 Å². The van der Waals surface area contributed by atoms with Gasteiger partial charge in [-0.3, -0.25) is 4.79 Å². The molecular weight excluding hydrogens is 202 g/mol. The van der Waals surface area contributed by atoms with Gasteiger partial charge in [-0.2, -0.15) is 0 Å². The molecule has 0 saturated heterocycles. The number of nitrogen functional groups attached to an aromatic ring is 1. The number of hydrogen-bond donors (Lipinski definition) is 1. The molecule has 2 rings (SSSR count). The minimum absolute atomic E-state index is 0.252. The first-order valence-electron chi connectivity index (χ1n) is 5.05. The first kappa shape index (κ1) is 10.5. The minimum Gasteiger partial charge on any atom is -0.469 e. The maximum Gasteiger partial charge on any atom is 0.310 e. The fraction of sp³-hybridized carbons (Fsp3) is 0.154. The molecule has 0 fully saturated rings. The summed E-state index contributed by atoms with van der Waals surface area (Å²) in [5.41, 5.74) is 7.52. The lowest BCUT2D eigenvalue weighted by Gasteiger charge is -2.07. The molecule has 0 saturated carbocycles. The highest BCUT2D eigenvalue weighted by atomic mass is 16.5. The molecule has 3 nitrogen and oxygen atoms in total. The van der Waals surface area contributed by atoms with Crippen molar-refractivity contribution in [1.82, 2.24) is 0 Å². The van der Waals surface area contributed by atoms with Gasteiger partial charge in [0, 0.05) is 11.1 Å². The molecule has 2 aromatic carbocycles. The molecule has 0 spiro atoms. The van der Waals surface area contributed by atoms with Crippen LogP contribution in [0.3, 0.4) is 0 Å². The van der Waals surface area contributed by atoms with Crippen LogP contribution < -0.4 is 5.73 Å². The van der Waals surface area contributed by atoms with Crippen LogP contribution in [0.2, 0.25) is 0 Å². The van der Waals surface area contributed by atoms with Gasteiger partial charge in [-0.1, -0.05) is 30.3 Å². The maximum absolute atomic E-state index is 11.3. The van der Waals surface area contributed by atoms with Gasteiger partial charge in [-0.15, -0.1) is 0 Å². The quantitative estimate of drug-likeness (QED) is 0.616. The highest BCUT2D eigenvalue weighted by Crippen LogP contribution is 2.25. The third-order valence-electron chi connectivity index (χ3n) is 2.59. The van der Waals surface area contributed by atoms with Gasteiger partial charge in [0.15, 0.2) is 0 Å². The molecule has 0 aliphatic heterocycles. The molecule has 0 unspecified atom stereocenters. The predicted octanol–water partition coefficient (Wildman–Crippen LogP) is 2.14. The van der Waals surface area contributed by atoms with Crippen LogP contribution in [0, 0.1) is 0 Å². The standard InChI is InChI=1S/C13H13NO2/c1-16-12(15)8-10-6-2-4-9-5-3-7-11(14)13(9)10/h2-7H,8,14H2,1H3. The average molecular weight is 215 g/mol. The van der Waals surface area contributed by atoms with Crippen LogP contribution in [-0.2, 0) is 16.0 Å². The average Bonchev–Trinajstić information content (AvgIpc) is 2.29. The third-order valence-corrected chi connectivity index (χ3v) is 2.59. The van der Waals surface area contributed by atoms with E-state index in [1.54, 1.807) is 0 Å². The van der Waals surface area contributed by atoms with Crippen molar-refractivity contribution in [3.63, 3.8) is 0 Å². The number of rotatable bonds is 2. The Morgan fingerprint density at radius 1 is 1.25 bits per heavy atom. The molecule has 0 aliphatic carbocycles. The van der Waals surface area contributed by atoms with Gasteiger partial charge in [0.1, 0.15) is 0 Å². The zero-order valence-corrected chi connectivity index (χ0v) is 9.07. The molecule has 0 atom stereocenters. The number of fused-ring (bicyclic) bond motifs is 1. The van der Waals surface area contributed by atoms with Crippen LogP contribution in [0.5, 0.6) is 0 Å². The van der Waals surface area contributed by atoms with E-state index in [1.807, 2.05) is 36.4 Å². The van der Waals surface area contributed by atoms with Crippen molar-refractivity contribution >= 4 is 22.4 Å². The van der Waals surface area contributed by atoms with Crippen molar-refractivity contribution < 1.29 is 9.53 Å². The van der Waals surface area contributed by atoms with E-state index in [-0.39, 0.29) is 12.4 Å². The summed E-state index contributed by atoms with van der Waals surface area (Å²) in [7, 11) is 1.39. The number of esters is 1. The Morgan fingerprint density at radius 2 is 1.94 bits per heavy atom. The van der Waals surface area contributed by atoms with Crippen LogP contribution in [0.25, 0.3) is 10.8 Å². The largest absolute Gasteiger partial charge is 0.469 e. The number of carbonyl (C=O) groups excluding carboxylic acids is 1. The second-order valence-electron chi connectivity index (χ2n) is 3.62. The van der Waals surface area contributed by atoms with Crippen molar-refractivity contribution in [2.45, 2.75) is 6.42 Å². The van der Waals surface area contributed by atoms with Crippen LogP contribution in [-0.4, -0.2) is 13.1 Å². The number of nitrogens with two attached hydrogens (primary N) is 1. The minimum atomic E-state index is -0.254. The number of ether oxygens (including phenoxy) is 1. The summed E-state index contributed by atoms with van der Waals surface area (Å²) in [5, 5.41) is 1.98. The predicted molar refractivity (Wildman–Crippen MR) is 64.1 cm³/mol. The number of hydrogen-bond acceptors (Lipinski definition) is 3. The summed E-state index contributed by atoms with van der Waals surface area (Å²) in [6, 6.07) is 11.5. The molecule has 2 N–H and O–H groups in total. The Hall–Kier alpha value is -2.03. The molecule has 2 aromatic rings. The fourth-order valence-electron chi connectivity index (χ4n) is 1.82. The molecule has 0 aromatic heterocycles. The Morgan fingerprint density at radius 3 is 2.62 bits per heavy atom. The summed E-state index contributed by atoms with van der Waals surface area (Å²) in [6.07, 6.45) is 0.252. The zero-order valence-electron chi connectivity index (χ0n) is 9.07. The van der Waals surface area contributed by atoms with Crippen molar-refractivity contribution in [2.75, 3.05) is 12.8 Å². The lowest BCUT2D eigenvalue weighted by atomic mass is 10.0. The Balaban J connectivity index is 2.56. The molecular formula is C13H13NO2. The van der Waals surface area contributed by atoms with E-state index < -0.39 is 0 Å². The Kier molecular flexibility index (Phi) is 2.77. The van der Waals surface area contributed by atoms with Crippen molar-refractivity contribution in [2.24, 2.45) is 0 Å². The SMILES string of the molecule is COC(=O)Cc1cccc2cccc(N)c12. The fourth-order valence-corrected chi connectivity index (χ4v) is 1.82. The molecule has 0 aliphatic rings. The number of carbonyl (C=O) groups is 1. The van der Waals surface area contributed by atoms with Gasteiger partial charge in [-0.25, -0.2) is 0 Å². The van der Waals surface area contributed by atoms with Gasteiger partial charge in [0.05, 0.1) is 13.5 Å². The molecule has 16 heavy (non-hydrogen) atoms. The first-order valence-corrected chi connectivity index (χ1v) is 5.05. The molecule has 0 bridgehead atoms. The lowest BCUT2D eigenvalue weighted by molar-refractivity contribution is -0.139. The first-order chi connectivity index (χ1) is 7.72. The van der Waals surface area contributed by atoms with Crippen LogP contribution >= 0.6 is 0 Å². The second-order valence-corrected chi connectivity index (χ2v) is 3.62. The Bertz CT molecular complexity index is 529. The highest BCUT2D eigenvalue weighted by molar-refractivity contribution is 5.97. The summed E-state index contributed by atoms with van der Waals surface area (Å²) < 4.78 is 4.66. The summed E-state index contributed by atoms with van der Waals surface area (Å²) in [4.78, 5) is 11.3. The molecule has 0 heterocycles. The topological polar surface area (TPSA) is 52.3 Å². The summed E-state index contributed by atoms with van der Waals surface area (Å²) >= 11 is 0. The smallest absolute Gasteiger partial charge is 0.310 e. The van der Waals surface area contributed by atoms with Crippen molar-refractivity contribution in [1.29, 1.82) is 0 Å². The third kappa shape index (κ3) is 1.84. The molecule has 0 radical (unpaired) electrons. The van der Waals surface area contributed by atoms with Crippen LogP contribution in [0.1, 0.15) is 5.56 Å². The van der Waals surface area contributed by atoms with E-state index in [1.165, 1.54) is 7.11 Å². The van der Waals surface area contributed by atoms with Crippen molar-refractivity contribution in [3.8, 4) is 0 Å². The lowest BCUT2D eigenvalue weighted by Crippen LogP contribution is -2.05. The Labute approximate surface area is 93.8 Å². The molecule has 0 amide bonds. The van der Waals surface area contributed by atoms with Crippen molar-refractivity contribution in [3.05, 3.63) is 42.0 Å². The second kappa shape index (κ2) is 4.23. The van der Waals surface area contributed by atoms with Gasteiger partial charge in [-0.05, 0) is 17.0 Å². The van der Waals surface area contributed by atoms with E-state index in [0.29, 0.717) is 5.69 Å². The van der Waals surface area contributed by atoms with Crippen LogP contribution in [0.15, 0.2) is 36.4 Å². The van der Waals surface area contributed by atoms with E-state index in [4.69, 9.17) is 5.73 Å². The normalized spacial score (nSPS) is 10.3. The van der Waals surface area contributed by atoms with Gasteiger partial charge in [0.2, 0.25) is 0 Å². The molecule has 3 heteroatoms. The zero-order chi connectivity index (χ0) is 11.5. The van der Waals surface area contributed by atoms with Gasteiger partial charge in [0.25, 0.3) is 0 Å². The monoisotopic (exact) mass is 215 g/mol. The summed E-state index contributed by atoms with van der Waals surface area (Å²) in [5.74, 6) is -0.254. The van der Waals surface area contributed by atoms with Crippen LogP contribution in [0.4, 0.5) is 5.69 Å². The number of anilines is 1. The van der Waals surface area contributed by atoms with E-state index in [0.717, 1.165) is 16.3 Å².